The lowest BCUT2D eigenvalue weighted by molar-refractivity contribution is -0.0641. The Bertz CT molecular complexity index is 4220. The van der Waals surface area contributed by atoms with Crippen LogP contribution < -0.4 is 15.9 Å². The molecule has 8 aromatic rings. The van der Waals surface area contributed by atoms with E-state index in [1.54, 1.807) is 103 Å². The highest BCUT2D eigenvalue weighted by Crippen LogP contribution is 2.55. The highest BCUT2D eigenvalue weighted by molar-refractivity contribution is 7.48. The van der Waals surface area contributed by atoms with Gasteiger partial charge in [-0.15, -0.1) is 0 Å². The maximum atomic E-state index is 15.5. The number of phosphoric ester groups is 2. The molecular weight excluding hydrogens is 1260 g/mol. The van der Waals surface area contributed by atoms with Crippen LogP contribution in [0.4, 0.5) is 11.6 Å². The molecule has 0 bridgehead atoms. The fraction of sp³-hybridized carbons (Fsp3) is 0.254. The van der Waals surface area contributed by atoms with Gasteiger partial charge in [0.1, 0.15) is 36.7 Å². The summed E-state index contributed by atoms with van der Waals surface area (Å²) in [5, 5.41) is 30.6. The Hall–Kier alpha value is -10.3. The van der Waals surface area contributed by atoms with Gasteiger partial charge in [-0.05, 0) is 66.7 Å². The number of ether oxygens (including phenoxy) is 4. The van der Waals surface area contributed by atoms with E-state index in [0.717, 1.165) is 15.8 Å². The number of carbonyl (C=O) groups is 5. The summed E-state index contributed by atoms with van der Waals surface area (Å²) in [6.45, 7) is -3.18. The molecule has 5 aromatic carbocycles. The molecule has 10 rings (SSSR count). The van der Waals surface area contributed by atoms with Crippen LogP contribution in [-0.2, 0) is 55.2 Å². The van der Waals surface area contributed by atoms with Crippen LogP contribution in [0.3, 0.4) is 0 Å². The molecule has 2 aliphatic heterocycles. The zero-order valence-corrected chi connectivity index (χ0v) is 51.2. The number of hydrogen-bond acceptors (Lipinski definition) is 25. The molecule has 3 amide bonds. The minimum absolute atomic E-state index is 0.0322. The van der Waals surface area contributed by atoms with Crippen molar-refractivity contribution in [2.75, 3.05) is 43.3 Å². The molecule has 29 nitrogen and oxygen atoms in total. The number of rotatable bonds is 28. The second-order valence-corrected chi connectivity index (χ2v) is 23.6. The van der Waals surface area contributed by atoms with Gasteiger partial charge in [0.05, 0.1) is 88.0 Å². The third-order valence-electron chi connectivity index (χ3n) is 14.1. The minimum Gasteiger partial charge on any atom is -0.452 e. The van der Waals surface area contributed by atoms with Gasteiger partial charge in [0, 0.05) is 29.3 Å². The maximum absolute atomic E-state index is 15.5. The Balaban J connectivity index is 1.01. The number of amides is 3. The highest BCUT2D eigenvalue weighted by atomic mass is 31.2. The SMILES string of the molecule is N#CCCOP(=O)(OCCC#N)OC[C@H]1O[C@@H](n2ccc(NC(=O)c3ccccc3)nc2=O)C[C@@H]1OP(=O)(OCCC#N)OC[C@H]1O[C@@H](n2cnc3c(N(C(=O)c4ccccc4)C(=O)c4ccccc4)ncnc32)[C@H](OC(=O)c2ccccc2)[C@@H]1OC(=O)c1ccccc1. The van der Waals surface area contributed by atoms with Gasteiger partial charge >= 0.3 is 33.3 Å². The van der Waals surface area contributed by atoms with Gasteiger partial charge in [0.2, 0.25) is 0 Å². The van der Waals surface area contributed by atoms with Crippen LogP contribution in [-0.4, -0.2) is 122 Å². The number of hydrogen-bond donors (Lipinski definition) is 1. The van der Waals surface area contributed by atoms with Gasteiger partial charge in [0.25, 0.3) is 17.7 Å². The fourth-order valence-corrected chi connectivity index (χ4v) is 12.3. The van der Waals surface area contributed by atoms with E-state index in [-0.39, 0.29) is 69.9 Å². The number of imide groups is 1. The smallest absolute Gasteiger partial charge is 0.452 e. The second kappa shape index (κ2) is 31.3. The quantitative estimate of drug-likeness (QED) is 0.0207. The lowest BCUT2D eigenvalue weighted by Gasteiger charge is -2.27. The number of nitrogens with one attached hydrogen (secondary N) is 1. The van der Waals surface area contributed by atoms with Crippen molar-refractivity contribution in [3.8, 4) is 18.2 Å². The van der Waals surface area contributed by atoms with E-state index < -0.39 is 133 Å². The molecule has 2 saturated heterocycles. The Labute approximate surface area is 535 Å². The van der Waals surface area contributed by atoms with Crippen molar-refractivity contribution in [1.82, 2.24) is 29.1 Å². The molecule has 0 radical (unpaired) electrons. The number of carbonyl (C=O) groups excluding carboxylic acids is 5. The van der Waals surface area contributed by atoms with Crippen LogP contribution in [0.5, 0.6) is 0 Å². The third kappa shape index (κ3) is 16.3. The van der Waals surface area contributed by atoms with E-state index in [1.807, 2.05) is 18.2 Å². The number of anilines is 2. The van der Waals surface area contributed by atoms with Gasteiger partial charge in [-0.2, -0.15) is 20.8 Å². The second-order valence-electron chi connectivity index (χ2n) is 20.3. The van der Waals surface area contributed by atoms with Crippen LogP contribution in [0.2, 0.25) is 0 Å². The van der Waals surface area contributed by atoms with Gasteiger partial charge in [-0.3, -0.25) is 50.7 Å². The number of esters is 2. The molecule has 2 fully saturated rings. The third-order valence-corrected chi connectivity index (χ3v) is 17.1. The van der Waals surface area contributed by atoms with E-state index in [1.165, 1.54) is 71.7 Å². The molecule has 8 atom stereocenters. The predicted octanol–water partition coefficient (Wildman–Crippen LogP) is 8.88. The van der Waals surface area contributed by atoms with Crippen LogP contribution >= 0.6 is 15.6 Å². The topological polar surface area (TPSA) is 377 Å². The average molecular weight is 1320 g/mol. The van der Waals surface area contributed by atoms with Crippen molar-refractivity contribution in [2.24, 2.45) is 0 Å². The summed E-state index contributed by atoms with van der Waals surface area (Å²) in [4.78, 5) is 103. The number of imidazole rings is 1. The molecule has 0 aliphatic carbocycles. The van der Waals surface area contributed by atoms with Crippen LogP contribution in [0.15, 0.2) is 181 Å². The summed E-state index contributed by atoms with van der Waals surface area (Å²) < 4.78 is 91.7. The zero-order valence-electron chi connectivity index (χ0n) is 49.4. The normalized spacial score (nSPS) is 19.0. The summed E-state index contributed by atoms with van der Waals surface area (Å²) >= 11 is 0. The average Bonchev–Trinajstić information content (AvgIpc) is 1.57. The number of benzene rings is 5. The number of nitrogens with zero attached hydrogens (tertiary/aromatic N) is 10. The minimum atomic E-state index is -5.18. The van der Waals surface area contributed by atoms with Crippen molar-refractivity contribution in [3.05, 3.63) is 215 Å². The van der Waals surface area contributed by atoms with E-state index in [4.69, 9.17) is 46.1 Å². The van der Waals surface area contributed by atoms with Gasteiger partial charge in [-0.25, -0.2) is 43.4 Å². The molecule has 0 spiro atoms. The maximum Gasteiger partial charge on any atom is 0.475 e. The zero-order chi connectivity index (χ0) is 66.0. The fourth-order valence-electron chi connectivity index (χ4n) is 9.69. The number of nitriles is 3. The van der Waals surface area contributed by atoms with Crippen molar-refractivity contribution >= 4 is 68.1 Å². The van der Waals surface area contributed by atoms with E-state index >= 15 is 4.57 Å². The highest BCUT2D eigenvalue weighted by Gasteiger charge is 2.53. The molecular formula is C63H55N11O18P2. The van der Waals surface area contributed by atoms with Crippen molar-refractivity contribution < 1.29 is 79.2 Å². The molecule has 2 aliphatic rings. The lowest BCUT2D eigenvalue weighted by Crippen LogP contribution is -2.41. The number of aromatic nitrogens is 6. The summed E-state index contributed by atoms with van der Waals surface area (Å²) in [6.07, 6.45) is -8.90. The lowest BCUT2D eigenvalue weighted by atomic mass is 10.1. The summed E-state index contributed by atoms with van der Waals surface area (Å²) in [7, 11) is -9.81. The molecule has 0 saturated carbocycles. The first kappa shape index (κ1) is 66.6. The molecule has 5 heterocycles. The summed E-state index contributed by atoms with van der Waals surface area (Å²) in [5.74, 6) is -4.43. The molecule has 94 heavy (non-hydrogen) atoms. The van der Waals surface area contributed by atoms with E-state index in [9.17, 15) is 49.1 Å². The van der Waals surface area contributed by atoms with Gasteiger partial charge in [0.15, 0.2) is 35.4 Å². The number of fused-ring (bicyclic) bond motifs is 1. The summed E-state index contributed by atoms with van der Waals surface area (Å²) in [5.41, 5.74) is -0.608. The summed E-state index contributed by atoms with van der Waals surface area (Å²) in [6, 6.07) is 46.3. The Morgan fingerprint density at radius 2 is 1.06 bits per heavy atom. The first-order valence-electron chi connectivity index (χ1n) is 28.9. The first-order chi connectivity index (χ1) is 45.7. The number of phosphoric acid groups is 2. The van der Waals surface area contributed by atoms with Crippen molar-refractivity contribution in [1.29, 1.82) is 15.8 Å². The Kier molecular flexibility index (Phi) is 22.2. The first-order valence-corrected chi connectivity index (χ1v) is 31.8. The van der Waals surface area contributed by atoms with Crippen molar-refractivity contribution in [2.45, 2.75) is 68.7 Å². The monoisotopic (exact) mass is 1320 g/mol. The van der Waals surface area contributed by atoms with Gasteiger partial charge < -0.3 is 24.3 Å². The Morgan fingerprint density at radius 1 is 0.574 bits per heavy atom. The molecule has 3 aromatic heterocycles. The van der Waals surface area contributed by atoms with Crippen LogP contribution in [0.25, 0.3) is 11.2 Å². The molecule has 480 valence electrons. The van der Waals surface area contributed by atoms with Crippen molar-refractivity contribution in [3.63, 3.8) is 0 Å². The van der Waals surface area contributed by atoms with E-state index in [2.05, 4.69) is 25.3 Å². The Morgan fingerprint density at radius 3 is 1.60 bits per heavy atom. The van der Waals surface area contributed by atoms with Gasteiger partial charge in [-0.1, -0.05) is 91.0 Å². The standard InChI is InChI=1S/C63H55N11O18P2/c64-30-16-34-83-93(81,84-35-17-31-65)86-38-48-47(37-51(88-48)72-33-29-50(71-63(72)80)70-57(75)42-19-6-1-7-20-42)92-94(82,85-36-18-32-66)87-39-49-53(90-61(78)45-25-12-4-13-26-45)54(91-62(79)46-27-14-5-15-28-46)60(89-49)73-41-69-52-55(73)67-40-68-56(52)74(58(76)43-21-8-2-9-22-43)59(77)44-23-10-3-11-24-44/h1-15,19-29,33,40-41,47-49,51,53-54,60H,16-18,34-39H2,(H,70,71,75,80)/t47-,48+,49+,51+,53+,54+,60+,94?/m0/s1. The van der Waals surface area contributed by atoms with Crippen LogP contribution in [0, 0.1) is 34.0 Å². The van der Waals surface area contributed by atoms with E-state index in [0.29, 0.717) is 0 Å². The van der Waals surface area contributed by atoms with Crippen LogP contribution in [0.1, 0.15) is 89.9 Å². The molecule has 31 heteroatoms. The largest absolute Gasteiger partial charge is 0.475 e. The molecule has 1 unspecified atom stereocenters. The molecule has 1 N–H and O–H groups in total. The predicted molar refractivity (Wildman–Crippen MR) is 327 cm³/mol.